The lowest BCUT2D eigenvalue weighted by Gasteiger charge is -2.25. The summed E-state index contributed by atoms with van der Waals surface area (Å²) >= 11 is 13.5. The molecule has 2 heterocycles. The van der Waals surface area contributed by atoms with E-state index in [0.29, 0.717) is 37.3 Å². The van der Waals surface area contributed by atoms with E-state index in [1.54, 1.807) is 35.8 Å². The molecule has 2 aromatic carbocycles. The Morgan fingerprint density at radius 1 is 1.16 bits per heavy atom. The van der Waals surface area contributed by atoms with E-state index in [2.05, 4.69) is 4.99 Å². The third-order valence-electron chi connectivity index (χ3n) is 5.70. The Kier molecular flexibility index (Phi) is 8.57. The lowest BCUT2D eigenvalue weighted by atomic mass is 9.96. The van der Waals surface area contributed by atoms with Crippen molar-refractivity contribution in [1.29, 1.82) is 0 Å². The number of rotatable bonds is 8. The fraction of sp³-hybridized carbons (Fsp3) is 0.321. The normalized spacial score (nSPS) is 15.5. The lowest BCUT2D eigenvalue weighted by molar-refractivity contribution is -0.140. The molecule has 1 atom stereocenters. The van der Waals surface area contributed by atoms with Gasteiger partial charge in [-0.15, -0.1) is 0 Å². The largest absolute Gasteiger partial charge is 0.494 e. The summed E-state index contributed by atoms with van der Waals surface area (Å²) < 4.78 is 13.4. The molecule has 0 N–H and O–H groups in total. The SMILES string of the molecule is CCCOc1ccc(C2C(C(=O)OCC(C)C)=C(C)N=c3sc(=Cc4ccc(Cl)c(Cl)c4)c(=O)n32)cc1. The Labute approximate surface area is 229 Å². The van der Waals surface area contributed by atoms with Gasteiger partial charge in [0.25, 0.3) is 5.56 Å². The maximum absolute atomic E-state index is 13.7. The van der Waals surface area contributed by atoms with E-state index >= 15 is 0 Å². The van der Waals surface area contributed by atoms with Crippen LogP contribution in [0.4, 0.5) is 0 Å². The first kappa shape index (κ1) is 27.2. The van der Waals surface area contributed by atoms with Crippen LogP contribution in [0.2, 0.25) is 10.0 Å². The average Bonchev–Trinajstić information content (AvgIpc) is 3.17. The van der Waals surface area contributed by atoms with Crippen LogP contribution < -0.4 is 19.6 Å². The minimum absolute atomic E-state index is 0.172. The fourth-order valence-corrected chi connectivity index (χ4v) is 5.29. The number of halogens is 2. The van der Waals surface area contributed by atoms with Crippen molar-refractivity contribution >= 4 is 46.6 Å². The maximum Gasteiger partial charge on any atom is 0.338 e. The minimum Gasteiger partial charge on any atom is -0.494 e. The molecule has 1 aliphatic heterocycles. The van der Waals surface area contributed by atoms with E-state index < -0.39 is 12.0 Å². The van der Waals surface area contributed by atoms with Gasteiger partial charge in [0.2, 0.25) is 0 Å². The number of benzene rings is 2. The first-order chi connectivity index (χ1) is 17.7. The zero-order chi connectivity index (χ0) is 26.7. The first-order valence-corrected chi connectivity index (χ1v) is 13.6. The van der Waals surface area contributed by atoms with E-state index in [0.717, 1.165) is 23.3 Å². The van der Waals surface area contributed by atoms with Crippen molar-refractivity contribution in [2.24, 2.45) is 10.9 Å². The van der Waals surface area contributed by atoms with E-state index in [-0.39, 0.29) is 18.1 Å². The van der Waals surface area contributed by atoms with Gasteiger partial charge in [0, 0.05) is 0 Å². The Morgan fingerprint density at radius 3 is 2.54 bits per heavy atom. The predicted molar refractivity (Wildman–Crippen MR) is 148 cm³/mol. The second kappa shape index (κ2) is 11.7. The van der Waals surface area contributed by atoms with Gasteiger partial charge >= 0.3 is 5.97 Å². The van der Waals surface area contributed by atoms with Crippen molar-refractivity contribution < 1.29 is 14.3 Å². The second-order valence-corrected chi connectivity index (χ2v) is 11.0. The van der Waals surface area contributed by atoms with Crippen LogP contribution in [-0.2, 0) is 9.53 Å². The monoisotopic (exact) mass is 558 g/mol. The molecular formula is C28H28Cl2N2O4S. The van der Waals surface area contributed by atoms with E-state index in [1.165, 1.54) is 11.3 Å². The molecular weight excluding hydrogens is 531 g/mol. The van der Waals surface area contributed by atoms with Crippen LogP contribution in [0.15, 0.2) is 63.5 Å². The summed E-state index contributed by atoms with van der Waals surface area (Å²) in [5, 5.41) is 0.837. The number of thiazole rings is 1. The number of nitrogens with zero attached hydrogens (tertiary/aromatic N) is 2. The van der Waals surface area contributed by atoms with Gasteiger partial charge in [0.1, 0.15) is 5.75 Å². The van der Waals surface area contributed by atoms with Gasteiger partial charge in [-0.05, 0) is 60.7 Å². The molecule has 0 fully saturated rings. The number of carbonyl (C=O) groups is 1. The topological polar surface area (TPSA) is 69.9 Å². The summed E-state index contributed by atoms with van der Waals surface area (Å²) in [5.74, 6) is 0.415. The Balaban J connectivity index is 1.85. The van der Waals surface area contributed by atoms with Gasteiger partial charge in [-0.25, -0.2) is 9.79 Å². The van der Waals surface area contributed by atoms with Gasteiger partial charge in [-0.2, -0.15) is 0 Å². The minimum atomic E-state index is -0.688. The number of allylic oxidation sites excluding steroid dienone is 1. The zero-order valence-electron chi connectivity index (χ0n) is 21.1. The molecule has 1 unspecified atom stereocenters. The molecule has 194 valence electrons. The van der Waals surface area contributed by atoms with Crippen LogP contribution in [0.5, 0.6) is 5.75 Å². The highest BCUT2D eigenvalue weighted by Crippen LogP contribution is 2.32. The maximum atomic E-state index is 13.7. The molecule has 37 heavy (non-hydrogen) atoms. The highest BCUT2D eigenvalue weighted by Gasteiger charge is 2.33. The summed E-state index contributed by atoms with van der Waals surface area (Å²) in [7, 11) is 0. The summed E-state index contributed by atoms with van der Waals surface area (Å²) in [6, 6.07) is 11.9. The summed E-state index contributed by atoms with van der Waals surface area (Å²) in [5.41, 5.74) is 2.11. The molecule has 0 spiro atoms. The average molecular weight is 560 g/mol. The number of hydrogen-bond donors (Lipinski definition) is 0. The second-order valence-electron chi connectivity index (χ2n) is 9.17. The van der Waals surface area contributed by atoms with E-state index in [1.807, 2.05) is 45.0 Å². The van der Waals surface area contributed by atoms with Gasteiger partial charge in [-0.1, -0.05) is 73.5 Å². The molecule has 1 aliphatic rings. The van der Waals surface area contributed by atoms with Crippen LogP contribution in [0.3, 0.4) is 0 Å². The van der Waals surface area contributed by atoms with Crippen LogP contribution in [0.1, 0.15) is 51.3 Å². The smallest absolute Gasteiger partial charge is 0.338 e. The van der Waals surface area contributed by atoms with Crippen molar-refractivity contribution in [1.82, 2.24) is 4.57 Å². The van der Waals surface area contributed by atoms with Gasteiger partial charge in [0.05, 0.1) is 45.1 Å². The molecule has 3 aromatic rings. The van der Waals surface area contributed by atoms with Crippen molar-refractivity contribution in [3.05, 3.63) is 94.6 Å². The first-order valence-electron chi connectivity index (χ1n) is 12.1. The lowest BCUT2D eigenvalue weighted by Crippen LogP contribution is -2.40. The standard InChI is InChI=1S/C28H28Cl2N2O4S/c1-5-12-35-20-9-7-19(8-10-20)25-24(27(34)36-15-16(2)3)17(4)31-28-32(25)26(33)23(37-28)14-18-6-11-21(29)22(30)13-18/h6-11,13-14,16,25H,5,12,15H2,1-4H3. The Hall–Kier alpha value is -2.87. The molecule has 4 rings (SSSR count). The Morgan fingerprint density at radius 2 is 1.89 bits per heavy atom. The van der Waals surface area contributed by atoms with Crippen LogP contribution in [0.25, 0.3) is 6.08 Å². The predicted octanol–water partition coefficient (Wildman–Crippen LogP) is 5.53. The molecule has 6 nitrogen and oxygen atoms in total. The van der Waals surface area contributed by atoms with Crippen LogP contribution >= 0.6 is 34.5 Å². The molecule has 0 radical (unpaired) electrons. The number of fused-ring (bicyclic) bond motifs is 1. The zero-order valence-corrected chi connectivity index (χ0v) is 23.4. The van der Waals surface area contributed by atoms with Crippen molar-refractivity contribution in [2.45, 2.75) is 40.2 Å². The number of carbonyl (C=O) groups excluding carboxylic acids is 1. The highest BCUT2D eigenvalue weighted by atomic mass is 35.5. The van der Waals surface area contributed by atoms with E-state index in [4.69, 9.17) is 32.7 Å². The molecule has 0 bridgehead atoms. The molecule has 0 saturated carbocycles. The number of ether oxygens (including phenoxy) is 2. The third kappa shape index (κ3) is 6.00. The highest BCUT2D eigenvalue weighted by molar-refractivity contribution is 7.07. The quantitative estimate of drug-likeness (QED) is 0.341. The number of aromatic nitrogens is 1. The number of esters is 1. The summed E-state index contributed by atoms with van der Waals surface area (Å²) in [4.78, 5) is 32.1. The Bertz CT molecular complexity index is 1520. The summed E-state index contributed by atoms with van der Waals surface area (Å²) in [6.07, 6.45) is 2.65. The van der Waals surface area contributed by atoms with Gasteiger partial charge < -0.3 is 9.47 Å². The van der Waals surface area contributed by atoms with E-state index in [9.17, 15) is 9.59 Å². The molecule has 0 aliphatic carbocycles. The number of hydrogen-bond acceptors (Lipinski definition) is 6. The van der Waals surface area contributed by atoms with Gasteiger partial charge in [0.15, 0.2) is 4.80 Å². The summed E-state index contributed by atoms with van der Waals surface area (Å²) in [6.45, 7) is 8.63. The molecule has 9 heteroatoms. The van der Waals surface area contributed by atoms with Crippen molar-refractivity contribution in [3.63, 3.8) is 0 Å². The van der Waals surface area contributed by atoms with Gasteiger partial charge in [-0.3, -0.25) is 9.36 Å². The molecule has 0 saturated heterocycles. The van der Waals surface area contributed by atoms with Crippen molar-refractivity contribution in [2.75, 3.05) is 13.2 Å². The van der Waals surface area contributed by atoms with Crippen LogP contribution in [-0.4, -0.2) is 23.8 Å². The van der Waals surface area contributed by atoms with Crippen molar-refractivity contribution in [3.8, 4) is 5.75 Å². The fourth-order valence-electron chi connectivity index (χ4n) is 3.94. The third-order valence-corrected chi connectivity index (χ3v) is 7.42. The molecule has 1 aromatic heterocycles. The van der Waals surface area contributed by atoms with Crippen LogP contribution in [0, 0.1) is 5.92 Å². The molecule has 0 amide bonds.